The van der Waals surface area contributed by atoms with Crippen LogP contribution >= 0.6 is 0 Å². The predicted octanol–water partition coefficient (Wildman–Crippen LogP) is 4.13. The molecule has 0 radical (unpaired) electrons. The molecule has 0 heterocycles. The maximum Gasteiger partial charge on any atom is 0.228 e. The number of hydrogen-bond acceptors (Lipinski definition) is 1. The maximum absolute atomic E-state index is 13.7. The first kappa shape index (κ1) is 13.8. The van der Waals surface area contributed by atoms with Crippen LogP contribution in [0.2, 0.25) is 0 Å². The van der Waals surface area contributed by atoms with Gasteiger partial charge in [0.1, 0.15) is 5.82 Å². The number of rotatable bonds is 4. The van der Waals surface area contributed by atoms with E-state index < -0.39 is 0 Å². The smallest absolute Gasteiger partial charge is 0.228 e. The van der Waals surface area contributed by atoms with Gasteiger partial charge >= 0.3 is 0 Å². The summed E-state index contributed by atoms with van der Waals surface area (Å²) in [5.74, 6) is -0.338. The van der Waals surface area contributed by atoms with Crippen molar-refractivity contribution in [2.45, 2.75) is 25.7 Å². The summed E-state index contributed by atoms with van der Waals surface area (Å²) in [4.78, 5) is 12.2. The van der Waals surface area contributed by atoms with E-state index in [1.54, 1.807) is 12.1 Å². The average molecular weight is 283 g/mol. The van der Waals surface area contributed by atoms with Crippen LogP contribution in [0.4, 0.5) is 10.1 Å². The molecule has 0 bridgehead atoms. The number of anilines is 1. The summed E-state index contributed by atoms with van der Waals surface area (Å²) >= 11 is 0. The van der Waals surface area contributed by atoms with Gasteiger partial charge in [-0.1, -0.05) is 37.3 Å². The summed E-state index contributed by atoms with van der Waals surface area (Å²) in [5, 5.41) is 2.94. The molecule has 1 amide bonds. The van der Waals surface area contributed by atoms with E-state index >= 15 is 0 Å². The topological polar surface area (TPSA) is 29.1 Å². The van der Waals surface area contributed by atoms with E-state index in [0.29, 0.717) is 5.56 Å². The van der Waals surface area contributed by atoms with Crippen LogP contribution in [-0.2, 0) is 11.2 Å². The lowest BCUT2D eigenvalue weighted by Gasteiger charge is -2.07. The Morgan fingerprint density at radius 2 is 2.05 bits per heavy atom. The molecule has 0 spiro atoms. The summed E-state index contributed by atoms with van der Waals surface area (Å²) in [6.45, 7) is 2.08. The van der Waals surface area contributed by atoms with Crippen molar-refractivity contribution in [1.82, 2.24) is 0 Å². The van der Waals surface area contributed by atoms with Gasteiger partial charge in [-0.3, -0.25) is 4.79 Å². The molecule has 21 heavy (non-hydrogen) atoms. The van der Waals surface area contributed by atoms with Gasteiger partial charge in [-0.25, -0.2) is 4.39 Å². The van der Waals surface area contributed by atoms with Crippen LogP contribution in [0.25, 0.3) is 0 Å². The minimum Gasteiger partial charge on any atom is -0.326 e. The third-order valence-electron chi connectivity index (χ3n) is 4.03. The Bertz CT molecular complexity index is 668. The highest BCUT2D eigenvalue weighted by Crippen LogP contribution is 2.48. The van der Waals surface area contributed by atoms with Gasteiger partial charge in [-0.15, -0.1) is 0 Å². The normalized spacial score (nSPS) is 20.1. The molecule has 2 aromatic carbocycles. The van der Waals surface area contributed by atoms with Gasteiger partial charge in [0.15, 0.2) is 0 Å². The fourth-order valence-corrected chi connectivity index (χ4v) is 2.71. The molecule has 2 unspecified atom stereocenters. The van der Waals surface area contributed by atoms with E-state index in [1.165, 1.54) is 11.6 Å². The van der Waals surface area contributed by atoms with Gasteiger partial charge in [-0.2, -0.15) is 0 Å². The lowest BCUT2D eigenvalue weighted by molar-refractivity contribution is -0.117. The van der Waals surface area contributed by atoms with Crippen molar-refractivity contribution < 1.29 is 9.18 Å². The van der Waals surface area contributed by atoms with Gasteiger partial charge in [0, 0.05) is 11.6 Å². The fourth-order valence-electron chi connectivity index (χ4n) is 2.71. The van der Waals surface area contributed by atoms with Gasteiger partial charge in [0.05, 0.1) is 0 Å². The molecule has 0 saturated heterocycles. The van der Waals surface area contributed by atoms with Crippen molar-refractivity contribution in [1.29, 1.82) is 0 Å². The molecule has 1 saturated carbocycles. The Balaban J connectivity index is 1.67. The monoisotopic (exact) mass is 283 g/mol. The Morgan fingerprint density at radius 1 is 1.24 bits per heavy atom. The van der Waals surface area contributed by atoms with Crippen molar-refractivity contribution >= 4 is 11.6 Å². The van der Waals surface area contributed by atoms with Crippen LogP contribution in [0, 0.1) is 11.7 Å². The second kappa shape index (κ2) is 5.68. The molecular weight excluding hydrogens is 265 g/mol. The molecule has 2 aromatic rings. The second-order valence-electron chi connectivity index (χ2n) is 5.51. The molecule has 2 atom stereocenters. The van der Waals surface area contributed by atoms with Crippen molar-refractivity contribution in [3.63, 3.8) is 0 Å². The summed E-state index contributed by atoms with van der Waals surface area (Å²) in [6, 6.07) is 14.6. The minimum atomic E-state index is -0.217. The first-order chi connectivity index (χ1) is 10.2. The van der Waals surface area contributed by atoms with Gasteiger partial charge in [0.25, 0.3) is 0 Å². The van der Waals surface area contributed by atoms with E-state index in [-0.39, 0.29) is 23.6 Å². The second-order valence-corrected chi connectivity index (χ2v) is 5.51. The molecule has 0 aliphatic heterocycles. The van der Waals surface area contributed by atoms with Crippen LogP contribution in [0.1, 0.15) is 30.4 Å². The third kappa shape index (κ3) is 2.97. The number of halogens is 1. The Kier molecular flexibility index (Phi) is 3.74. The first-order valence-corrected chi connectivity index (χ1v) is 7.33. The van der Waals surface area contributed by atoms with Crippen LogP contribution in [0.15, 0.2) is 48.5 Å². The van der Waals surface area contributed by atoms with Crippen molar-refractivity contribution in [2.75, 3.05) is 5.32 Å². The molecule has 108 valence electrons. The van der Waals surface area contributed by atoms with Crippen LogP contribution in [0.5, 0.6) is 0 Å². The summed E-state index contributed by atoms with van der Waals surface area (Å²) < 4.78 is 13.7. The quantitative estimate of drug-likeness (QED) is 0.898. The van der Waals surface area contributed by atoms with Gasteiger partial charge < -0.3 is 5.32 Å². The van der Waals surface area contributed by atoms with Crippen LogP contribution in [0.3, 0.4) is 0 Å². The van der Waals surface area contributed by atoms with Crippen LogP contribution < -0.4 is 5.32 Å². The molecule has 1 aliphatic carbocycles. The lowest BCUT2D eigenvalue weighted by Crippen LogP contribution is -2.14. The number of aryl methyl sites for hydroxylation is 1. The van der Waals surface area contributed by atoms with E-state index in [0.717, 1.165) is 18.5 Å². The first-order valence-electron chi connectivity index (χ1n) is 7.33. The largest absolute Gasteiger partial charge is 0.326 e. The number of carbonyl (C=O) groups is 1. The highest BCUT2D eigenvalue weighted by molar-refractivity contribution is 5.95. The molecule has 1 aliphatic rings. The zero-order chi connectivity index (χ0) is 14.8. The van der Waals surface area contributed by atoms with E-state index in [9.17, 15) is 9.18 Å². The molecular formula is C18H18FNO. The van der Waals surface area contributed by atoms with E-state index in [4.69, 9.17) is 0 Å². The third-order valence-corrected chi connectivity index (χ3v) is 4.03. The predicted molar refractivity (Wildman–Crippen MR) is 81.7 cm³/mol. The SMILES string of the molecule is CCc1cccc(NC(=O)C2CC2c2ccccc2F)c1. The van der Waals surface area contributed by atoms with Crippen molar-refractivity contribution in [3.8, 4) is 0 Å². The van der Waals surface area contributed by atoms with Crippen molar-refractivity contribution in [2.24, 2.45) is 5.92 Å². The van der Waals surface area contributed by atoms with Gasteiger partial charge in [-0.05, 0) is 48.1 Å². The standard InChI is InChI=1S/C18H18FNO/c1-2-12-6-5-7-13(10-12)20-18(21)16-11-15(16)14-8-3-4-9-17(14)19/h3-10,15-16H,2,11H2,1H3,(H,20,21). The highest BCUT2D eigenvalue weighted by atomic mass is 19.1. The Labute approximate surface area is 124 Å². The molecule has 2 nitrogen and oxygen atoms in total. The lowest BCUT2D eigenvalue weighted by atomic mass is 10.1. The zero-order valence-electron chi connectivity index (χ0n) is 12.0. The Morgan fingerprint density at radius 3 is 2.81 bits per heavy atom. The number of nitrogens with one attached hydrogen (secondary N) is 1. The van der Waals surface area contributed by atoms with Crippen molar-refractivity contribution in [3.05, 3.63) is 65.5 Å². The molecule has 1 fully saturated rings. The number of hydrogen-bond donors (Lipinski definition) is 1. The Hall–Kier alpha value is -2.16. The summed E-state index contributed by atoms with van der Waals surface area (Å²) in [6.07, 6.45) is 1.66. The minimum absolute atomic E-state index is 0.0144. The fraction of sp³-hybridized carbons (Fsp3) is 0.278. The van der Waals surface area contributed by atoms with E-state index in [1.807, 2.05) is 30.3 Å². The number of carbonyl (C=O) groups excluding carboxylic acids is 1. The molecule has 3 heteroatoms. The van der Waals surface area contributed by atoms with E-state index in [2.05, 4.69) is 12.2 Å². The van der Waals surface area contributed by atoms with Crippen LogP contribution in [-0.4, -0.2) is 5.91 Å². The molecule has 0 aromatic heterocycles. The maximum atomic E-state index is 13.7. The van der Waals surface area contributed by atoms with Gasteiger partial charge in [0.2, 0.25) is 5.91 Å². The summed E-state index contributed by atoms with van der Waals surface area (Å²) in [5.41, 5.74) is 2.66. The zero-order valence-corrected chi connectivity index (χ0v) is 12.0. The molecule has 3 rings (SSSR count). The molecule has 1 N–H and O–H groups in total. The summed E-state index contributed by atoms with van der Waals surface area (Å²) in [7, 11) is 0. The average Bonchev–Trinajstić information content (AvgIpc) is 3.28. The highest BCUT2D eigenvalue weighted by Gasteiger charge is 2.45. The number of benzene rings is 2. The number of amides is 1.